The summed E-state index contributed by atoms with van der Waals surface area (Å²) in [5.74, 6) is 0.917. The predicted octanol–water partition coefficient (Wildman–Crippen LogP) is 4.18. The highest BCUT2D eigenvalue weighted by Gasteiger charge is 2.36. The molecular formula is C22H24N2O3. The number of fused-ring (bicyclic) bond motifs is 1. The van der Waals surface area contributed by atoms with Gasteiger partial charge in [-0.3, -0.25) is 4.79 Å². The number of ether oxygens (including phenoxy) is 1. The van der Waals surface area contributed by atoms with E-state index in [-0.39, 0.29) is 11.4 Å². The number of rotatable bonds is 3. The van der Waals surface area contributed by atoms with E-state index in [2.05, 4.69) is 30.9 Å². The van der Waals surface area contributed by atoms with Gasteiger partial charge in [0.15, 0.2) is 0 Å². The highest BCUT2D eigenvalue weighted by Crippen LogP contribution is 2.30. The molecule has 0 saturated carbocycles. The summed E-state index contributed by atoms with van der Waals surface area (Å²) >= 11 is 0. The molecule has 0 radical (unpaired) electrons. The molecule has 2 heterocycles. The summed E-state index contributed by atoms with van der Waals surface area (Å²) in [5, 5.41) is 0.956. The van der Waals surface area contributed by atoms with Crippen LogP contribution in [0.3, 0.4) is 0 Å². The molecule has 27 heavy (non-hydrogen) atoms. The first-order valence-electron chi connectivity index (χ1n) is 9.16. The Bertz CT molecular complexity index is 959. The van der Waals surface area contributed by atoms with Crippen LogP contribution < -0.4 is 9.64 Å². The summed E-state index contributed by atoms with van der Waals surface area (Å²) in [4.78, 5) is 17.3. The van der Waals surface area contributed by atoms with E-state index in [1.54, 1.807) is 13.4 Å². The number of nitrogens with zero attached hydrogens (tertiary/aromatic N) is 2. The Kier molecular flexibility index (Phi) is 4.30. The van der Waals surface area contributed by atoms with Gasteiger partial charge in [-0.15, -0.1) is 0 Å². The van der Waals surface area contributed by atoms with Crippen molar-refractivity contribution in [3.8, 4) is 5.75 Å². The van der Waals surface area contributed by atoms with Crippen LogP contribution in [0.4, 0.5) is 5.69 Å². The smallest absolute Gasteiger partial charge is 0.254 e. The molecule has 2 aromatic carbocycles. The highest BCUT2D eigenvalue weighted by atomic mass is 16.5. The van der Waals surface area contributed by atoms with Crippen molar-refractivity contribution in [3.05, 3.63) is 60.4 Å². The van der Waals surface area contributed by atoms with E-state index in [0.29, 0.717) is 18.7 Å². The van der Waals surface area contributed by atoms with Gasteiger partial charge in [0, 0.05) is 36.3 Å². The van der Waals surface area contributed by atoms with Crippen LogP contribution in [-0.4, -0.2) is 43.1 Å². The monoisotopic (exact) mass is 364 g/mol. The van der Waals surface area contributed by atoms with Crippen LogP contribution in [0, 0.1) is 0 Å². The molecule has 0 aliphatic carbocycles. The molecule has 0 unspecified atom stereocenters. The molecule has 1 saturated heterocycles. The molecule has 140 valence electrons. The molecule has 0 bridgehead atoms. The van der Waals surface area contributed by atoms with E-state index in [4.69, 9.17) is 9.15 Å². The maximum absolute atomic E-state index is 13.0. The summed E-state index contributed by atoms with van der Waals surface area (Å²) in [6.45, 7) is 6.50. The zero-order valence-electron chi connectivity index (χ0n) is 15.9. The highest BCUT2D eigenvalue weighted by molar-refractivity contribution is 5.98. The van der Waals surface area contributed by atoms with Gasteiger partial charge in [-0.1, -0.05) is 0 Å². The average molecular weight is 364 g/mol. The van der Waals surface area contributed by atoms with E-state index in [9.17, 15) is 4.79 Å². The van der Waals surface area contributed by atoms with Gasteiger partial charge in [-0.25, -0.2) is 0 Å². The van der Waals surface area contributed by atoms with E-state index in [0.717, 1.165) is 29.0 Å². The number of benzene rings is 2. The third-order valence-electron chi connectivity index (χ3n) is 5.27. The Labute approximate surface area is 159 Å². The fourth-order valence-corrected chi connectivity index (χ4v) is 3.85. The molecule has 3 aromatic rings. The van der Waals surface area contributed by atoms with Gasteiger partial charge in [0.05, 0.1) is 18.9 Å². The van der Waals surface area contributed by atoms with Crippen LogP contribution in [-0.2, 0) is 0 Å². The number of furan rings is 1. The van der Waals surface area contributed by atoms with Crippen molar-refractivity contribution < 1.29 is 13.9 Å². The average Bonchev–Trinajstić information content (AvgIpc) is 3.14. The first-order chi connectivity index (χ1) is 13.0. The van der Waals surface area contributed by atoms with Gasteiger partial charge >= 0.3 is 0 Å². The van der Waals surface area contributed by atoms with Crippen LogP contribution in [0.5, 0.6) is 5.75 Å². The number of methoxy groups -OCH3 is 1. The Morgan fingerprint density at radius 3 is 2.56 bits per heavy atom. The summed E-state index contributed by atoms with van der Waals surface area (Å²) in [7, 11) is 1.67. The summed E-state index contributed by atoms with van der Waals surface area (Å²) in [6.07, 6.45) is 1.65. The van der Waals surface area contributed by atoms with Gasteiger partial charge in [0.2, 0.25) is 0 Å². The molecule has 1 aromatic heterocycles. The fraction of sp³-hybridized carbons (Fsp3) is 0.318. The lowest BCUT2D eigenvalue weighted by Crippen LogP contribution is -2.60. The summed E-state index contributed by atoms with van der Waals surface area (Å²) in [6, 6.07) is 15.6. The molecule has 5 nitrogen and oxygen atoms in total. The molecule has 1 amide bonds. The predicted molar refractivity (Wildman–Crippen MR) is 107 cm³/mol. The minimum Gasteiger partial charge on any atom is -0.497 e. The molecular weight excluding hydrogens is 340 g/mol. The standard InChI is InChI=1S/C22H24N2O3/c1-22(2)15-23(11-12-24(22)18-5-7-19(26-3)8-6-18)21(25)17-4-9-20-16(14-17)10-13-27-20/h4-10,13-14H,11-12,15H2,1-3H3. The van der Waals surface area contributed by atoms with Crippen LogP contribution >= 0.6 is 0 Å². The van der Waals surface area contributed by atoms with E-state index in [1.165, 1.54) is 0 Å². The minimum atomic E-state index is -0.164. The fourth-order valence-electron chi connectivity index (χ4n) is 3.85. The number of carbonyl (C=O) groups excluding carboxylic acids is 1. The van der Waals surface area contributed by atoms with Gasteiger partial charge in [0.1, 0.15) is 11.3 Å². The van der Waals surface area contributed by atoms with E-state index in [1.807, 2.05) is 41.3 Å². The molecule has 4 rings (SSSR count). The number of carbonyl (C=O) groups is 1. The molecule has 5 heteroatoms. The maximum Gasteiger partial charge on any atom is 0.254 e. The lowest BCUT2D eigenvalue weighted by molar-refractivity contribution is 0.0686. The number of hydrogen-bond donors (Lipinski definition) is 0. The Morgan fingerprint density at radius 2 is 1.85 bits per heavy atom. The second-order valence-electron chi connectivity index (χ2n) is 7.56. The van der Waals surface area contributed by atoms with Gasteiger partial charge in [-0.05, 0) is 62.4 Å². The normalized spacial score (nSPS) is 16.6. The van der Waals surface area contributed by atoms with Gasteiger partial charge in [0.25, 0.3) is 5.91 Å². The van der Waals surface area contributed by atoms with Crippen molar-refractivity contribution in [2.45, 2.75) is 19.4 Å². The Balaban J connectivity index is 1.52. The minimum absolute atomic E-state index is 0.0700. The topological polar surface area (TPSA) is 45.9 Å². The molecule has 0 atom stereocenters. The van der Waals surface area contributed by atoms with Crippen molar-refractivity contribution in [3.63, 3.8) is 0 Å². The molecule has 1 aliphatic heterocycles. The molecule has 1 fully saturated rings. The third-order valence-corrected chi connectivity index (χ3v) is 5.27. The number of piperazine rings is 1. The summed E-state index contributed by atoms with van der Waals surface area (Å²) in [5.41, 5.74) is 2.49. The quantitative estimate of drug-likeness (QED) is 0.699. The van der Waals surface area contributed by atoms with Crippen LogP contribution in [0.25, 0.3) is 11.0 Å². The molecule has 0 spiro atoms. The Hall–Kier alpha value is -2.95. The van der Waals surface area contributed by atoms with Crippen LogP contribution in [0.2, 0.25) is 0 Å². The maximum atomic E-state index is 13.0. The number of hydrogen-bond acceptors (Lipinski definition) is 4. The molecule has 0 N–H and O–H groups in total. The van der Waals surface area contributed by atoms with Crippen molar-refractivity contribution in [2.24, 2.45) is 0 Å². The largest absolute Gasteiger partial charge is 0.497 e. The van der Waals surface area contributed by atoms with Crippen LogP contribution in [0.1, 0.15) is 24.2 Å². The van der Waals surface area contributed by atoms with Crippen molar-refractivity contribution in [1.82, 2.24) is 4.90 Å². The number of anilines is 1. The third kappa shape index (κ3) is 3.25. The van der Waals surface area contributed by atoms with Crippen LogP contribution in [0.15, 0.2) is 59.2 Å². The van der Waals surface area contributed by atoms with Crippen molar-refractivity contribution in [1.29, 1.82) is 0 Å². The van der Waals surface area contributed by atoms with Gasteiger partial charge < -0.3 is 19.0 Å². The first kappa shape index (κ1) is 17.5. The lowest BCUT2D eigenvalue weighted by Gasteiger charge is -2.48. The molecule has 1 aliphatic rings. The SMILES string of the molecule is COc1ccc(N2CCN(C(=O)c3ccc4occc4c3)CC2(C)C)cc1. The van der Waals surface area contributed by atoms with Gasteiger partial charge in [-0.2, -0.15) is 0 Å². The van der Waals surface area contributed by atoms with E-state index < -0.39 is 0 Å². The zero-order chi connectivity index (χ0) is 19.0. The first-order valence-corrected chi connectivity index (χ1v) is 9.16. The Morgan fingerprint density at radius 1 is 1.07 bits per heavy atom. The zero-order valence-corrected chi connectivity index (χ0v) is 15.9. The van der Waals surface area contributed by atoms with E-state index >= 15 is 0 Å². The second-order valence-corrected chi connectivity index (χ2v) is 7.56. The summed E-state index contributed by atoms with van der Waals surface area (Å²) < 4.78 is 10.6. The lowest BCUT2D eigenvalue weighted by atomic mass is 9.97. The van der Waals surface area contributed by atoms with Crippen molar-refractivity contribution >= 4 is 22.6 Å². The number of amides is 1. The van der Waals surface area contributed by atoms with Crippen molar-refractivity contribution in [2.75, 3.05) is 31.6 Å². The second kappa shape index (κ2) is 6.65.